The van der Waals surface area contributed by atoms with Crippen LogP contribution in [0.25, 0.3) is 0 Å². The van der Waals surface area contributed by atoms with E-state index >= 15 is 0 Å². The van der Waals surface area contributed by atoms with Crippen LogP contribution in [0.2, 0.25) is 10.0 Å². The van der Waals surface area contributed by atoms with Gasteiger partial charge in [0, 0.05) is 12.4 Å². The molecule has 2 nitrogen and oxygen atoms in total. The van der Waals surface area contributed by atoms with Gasteiger partial charge in [-0.25, -0.2) is 0 Å². The van der Waals surface area contributed by atoms with Gasteiger partial charge in [-0.2, -0.15) is 0 Å². The third kappa shape index (κ3) is 2.35. The minimum absolute atomic E-state index is 0.210. The van der Waals surface area contributed by atoms with Gasteiger partial charge in [0.05, 0.1) is 16.1 Å². The van der Waals surface area contributed by atoms with Crippen LogP contribution in [-0.2, 0) is 0 Å². The molecule has 1 atom stereocenters. The molecular formula is C12H10Cl2N2. The van der Waals surface area contributed by atoms with E-state index in [0.717, 1.165) is 11.1 Å². The summed E-state index contributed by atoms with van der Waals surface area (Å²) in [5.74, 6) is 0. The number of benzene rings is 1. The van der Waals surface area contributed by atoms with Gasteiger partial charge in [-0.1, -0.05) is 29.3 Å². The minimum Gasteiger partial charge on any atom is -0.320 e. The lowest BCUT2D eigenvalue weighted by molar-refractivity contribution is 0.868. The highest BCUT2D eigenvalue weighted by molar-refractivity contribution is 6.42. The molecule has 0 radical (unpaired) electrons. The zero-order valence-electron chi connectivity index (χ0n) is 8.40. The van der Waals surface area contributed by atoms with E-state index in [9.17, 15) is 0 Å². The van der Waals surface area contributed by atoms with Gasteiger partial charge in [-0.05, 0) is 35.4 Å². The second kappa shape index (κ2) is 4.83. The minimum atomic E-state index is -0.210. The number of nitrogens with two attached hydrogens (primary N) is 1. The second-order valence-electron chi connectivity index (χ2n) is 3.43. The number of nitrogens with zero attached hydrogens (tertiary/aromatic N) is 1. The smallest absolute Gasteiger partial charge is 0.0595 e. The first-order valence-corrected chi connectivity index (χ1v) is 5.54. The van der Waals surface area contributed by atoms with Crippen molar-refractivity contribution < 1.29 is 0 Å². The number of rotatable bonds is 2. The average Bonchev–Trinajstić information content (AvgIpc) is 2.33. The molecule has 0 amide bonds. The summed E-state index contributed by atoms with van der Waals surface area (Å²) >= 11 is 11.8. The van der Waals surface area contributed by atoms with Crippen molar-refractivity contribution in [3.63, 3.8) is 0 Å². The predicted octanol–water partition coefficient (Wildman–Crippen LogP) is 3.44. The molecule has 2 aromatic rings. The van der Waals surface area contributed by atoms with E-state index in [1.807, 2.05) is 18.2 Å². The quantitative estimate of drug-likeness (QED) is 0.890. The molecule has 2 rings (SSSR count). The highest BCUT2D eigenvalue weighted by Gasteiger charge is 2.09. The van der Waals surface area contributed by atoms with Crippen LogP contribution in [0.4, 0.5) is 0 Å². The molecule has 2 N–H and O–H groups in total. The van der Waals surface area contributed by atoms with Crippen LogP contribution in [0.15, 0.2) is 42.7 Å². The maximum Gasteiger partial charge on any atom is 0.0595 e. The molecule has 0 spiro atoms. The van der Waals surface area contributed by atoms with E-state index in [0.29, 0.717) is 10.0 Å². The van der Waals surface area contributed by atoms with Crippen molar-refractivity contribution >= 4 is 23.2 Å². The summed E-state index contributed by atoms with van der Waals surface area (Å²) in [6, 6.07) is 8.97. The van der Waals surface area contributed by atoms with Gasteiger partial charge in [0.1, 0.15) is 0 Å². The van der Waals surface area contributed by atoms with Crippen LogP contribution < -0.4 is 5.73 Å². The van der Waals surface area contributed by atoms with Crippen molar-refractivity contribution in [2.75, 3.05) is 0 Å². The summed E-state index contributed by atoms with van der Waals surface area (Å²) < 4.78 is 0. The van der Waals surface area contributed by atoms with Crippen molar-refractivity contribution in [3.8, 4) is 0 Å². The Bertz CT molecular complexity index is 486. The molecule has 0 aliphatic rings. The van der Waals surface area contributed by atoms with E-state index in [4.69, 9.17) is 28.9 Å². The molecule has 1 aromatic carbocycles. The van der Waals surface area contributed by atoms with Gasteiger partial charge in [0.25, 0.3) is 0 Å². The number of pyridine rings is 1. The Hall–Kier alpha value is -1.09. The first-order valence-electron chi connectivity index (χ1n) is 4.79. The Kier molecular flexibility index (Phi) is 3.44. The molecular weight excluding hydrogens is 243 g/mol. The molecule has 82 valence electrons. The van der Waals surface area contributed by atoms with Crippen LogP contribution in [-0.4, -0.2) is 4.98 Å². The lowest BCUT2D eigenvalue weighted by Crippen LogP contribution is -2.11. The predicted molar refractivity (Wildman–Crippen MR) is 66.7 cm³/mol. The van der Waals surface area contributed by atoms with E-state index in [2.05, 4.69) is 4.98 Å². The van der Waals surface area contributed by atoms with E-state index in [1.165, 1.54) is 0 Å². The normalized spacial score (nSPS) is 12.4. The maximum atomic E-state index is 6.11. The molecule has 4 heteroatoms. The molecule has 0 saturated heterocycles. The van der Waals surface area contributed by atoms with Crippen molar-refractivity contribution in [2.45, 2.75) is 6.04 Å². The van der Waals surface area contributed by atoms with Gasteiger partial charge in [-0.15, -0.1) is 0 Å². The fourth-order valence-corrected chi connectivity index (χ4v) is 1.78. The Labute approximate surface area is 104 Å². The van der Waals surface area contributed by atoms with Crippen LogP contribution in [0.1, 0.15) is 17.2 Å². The Morgan fingerprint density at radius 1 is 0.938 bits per heavy atom. The Morgan fingerprint density at radius 3 is 2.25 bits per heavy atom. The largest absolute Gasteiger partial charge is 0.320 e. The monoisotopic (exact) mass is 252 g/mol. The lowest BCUT2D eigenvalue weighted by Gasteiger charge is -2.12. The van der Waals surface area contributed by atoms with Crippen molar-refractivity contribution in [2.24, 2.45) is 5.73 Å². The third-order valence-electron chi connectivity index (χ3n) is 2.37. The molecule has 1 heterocycles. The van der Waals surface area contributed by atoms with Crippen LogP contribution in [0.5, 0.6) is 0 Å². The molecule has 16 heavy (non-hydrogen) atoms. The average molecular weight is 253 g/mol. The van der Waals surface area contributed by atoms with Crippen molar-refractivity contribution in [1.29, 1.82) is 0 Å². The molecule has 0 aliphatic heterocycles. The maximum absolute atomic E-state index is 6.11. The number of aromatic nitrogens is 1. The Morgan fingerprint density at radius 2 is 1.62 bits per heavy atom. The molecule has 0 aliphatic carbocycles. The number of hydrogen-bond donors (Lipinski definition) is 1. The fraction of sp³-hybridized carbons (Fsp3) is 0.0833. The standard InChI is InChI=1S/C12H10Cl2N2/c13-10-2-1-9(7-11(10)14)12(15)8-3-5-16-6-4-8/h1-7,12H,15H2/t12-/m1/s1. The Balaban J connectivity index is 2.34. The zero-order chi connectivity index (χ0) is 11.5. The molecule has 0 unspecified atom stereocenters. The van der Waals surface area contributed by atoms with E-state index < -0.39 is 0 Å². The van der Waals surface area contributed by atoms with Crippen molar-refractivity contribution in [1.82, 2.24) is 4.98 Å². The highest BCUT2D eigenvalue weighted by Crippen LogP contribution is 2.27. The summed E-state index contributed by atoms with van der Waals surface area (Å²) in [7, 11) is 0. The number of hydrogen-bond acceptors (Lipinski definition) is 2. The summed E-state index contributed by atoms with van der Waals surface area (Å²) in [6.07, 6.45) is 3.43. The first kappa shape index (κ1) is 11.4. The van der Waals surface area contributed by atoms with Gasteiger partial charge in [0.15, 0.2) is 0 Å². The highest BCUT2D eigenvalue weighted by atomic mass is 35.5. The molecule has 0 bridgehead atoms. The van der Waals surface area contributed by atoms with Crippen LogP contribution >= 0.6 is 23.2 Å². The van der Waals surface area contributed by atoms with E-state index in [1.54, 1.807) is 24.5 Å². The van der Waals surface area contributed by atoms with Gasteiger partial charge < -0.3 is 5.73 Å². The summed E-state index contributed by atoms with van der Waals surface area (Å²) in [5, 5.41) is 1.05. The van der Waals surface area contributed by atoms with Crippen LogP contribution in [0, 0.1) is 0 Å². The topological polar surface area (TPSA) is 38.9 Å². The first-order chi connectivity index (χ1) is 7.68. The SMILES string of the molecule is N[C@H](c1ccncc1)c1ccc(Cl)c(Cl)c1. The van der Waals surface area contributed by atoms with Gasteiger partial charge >= 0.3 is 0 Å². The zero-order valence-corrected chi connectivity index (χ0v) is 9.91. The van der Waals surface area contributed by atoms with E-state index in [-0.39, 0.29) is 6.04 Å². The fourth-order valence-electron chi connectivity index (χ4n) is 1.47. The summed E-state index contributed by atoms with van der Waals surface area (Å²) in [6.45, 7) is 0. The summed E-state index contributed by atoms with van der Waals surface area (Å²) in [5.41, 5.74) is 8.03. The van der Waals surface area contributed by atoms with Crippen LogP contribution in [0.3, 0.4) is 0 Å². The lowest BCUT2D eigenvalue weighted by atomic mass is 10.0. The van der Waals surface area contributed by atoms with Gasteiger partial charge in [0.2, 0.25) is 0 Å². The van der Waals surface area contributed by atoms with Crippen molar-refractivity contribution in [3.05, 3.63) is 63.9 Å². The van der Waals surface area contributed by atoms with Gasteiger partial charge in [-0.3, -0.25) is 4.98 Å². The number of halogens is 2. The third-order valence-corrected chi connectivity index (χ3v) is 3.11. The molecule has 0 fully saturated rings. The summed E-state index contributed by atoms with van der Waals surface area (Å²) in [4.78, 5) is 3.95. The second-order valence-corrected chi connectivity index (χ2v) is 4.25. The molecule has 1 aromatic heterocycles. The molecule has 0 saturated carbocycles.